The number of carbonyl (C=O) groups excluding carboxylic acids is 1. The molecule has 0 aromatic heterocycles. The maximum absolute atomic E-state index is 12.5. The Labute approximate surface area is 120 Å². The monoisotopic (exact) mass is 277 g/mol. The summed E-state index contributed by atoms with van der Waals surface area (Å²) in [6.07, 6.45) is 4.53. The van der Waals surface area contributed by atoms with Gasteiger partial charge in [0, 0.05) is 6.54 Å². The van der Waals surface area contributed by atoms with Crippen LogP contribution in [0.5, 0.6) is 5.75 Å². The summed E-state index contributed by atoms with van der Waals surface area (Å²) >= 11 is 0. The van der Waals surface area contributed by atoms with Gasteiger partial charge < -0.3 is 14.7 Å². The molecule has 1 aromatic carbocycles. The molecule has 0 spiro atoms. The van der Waals surface area contributed by atoms with Crippen molar-refractivity contribution in [1.29, 1.82) is 0 Å². The zero-order valence-electron chi connectivity index (χ0n) is 12.0. The van der Waals surface area contributed by atoms with Crippen LogP contribution in [0, 0.1) is 0 Å². The molecule has 0 radical (unpaired) electrons. The van der Waals surface area contributed by atoms with Crippen LogP contribution in [-0.2, 0) is 11.2 Å². The number of aliphatic hydroxyl groups is 1. The van der Waals surface area contributed by atoms with Crippen LogP contribution in [0.4, 0.5) is 0 Å². The second-order valence-corrected chi connectivity index (χ2v) is 5.30. The summed E-state index contributed by atoms with van der Waals surface area (Å²) in [4.78, 5) is 14.3. The lowest BCUT2D eigenvalue weighted by Gasteiger charge is -2.28. The molecule has 1 fully saturated rings. The van der Waals surface area contributed by atoms with Crippen molar-refractivity contribution in [3.05, 3.63) is 29.8 Å². The number of carbonyl (C=O) groups is 1. The van der Waals surface area contributed by atoms with E-state index in [4.69, 9.17) is 4.74 Å². The van der Waals surface area contributed by atoms with Crippen molar-refractivity contribution in [1.82, 2.24) is 4.90 Å². The smallest absolute Gasteiger partial charge is 0.227 e. The van der Waals surface area contributed by atoms with Gasteiger partial charge >= 0.3 is 0 Å². The summed E-state index contributed by atoms with van der Waals surface area (Å²) < 4.78 is 5.18. The molecule has 1 heterocycles. The zero-order chi connectivity index (χ0) is 14.4. The zero-order valence-corrected chi connectivity index (χ0v) is 12.0. The highest BCUT2D eigenvalue weighted by Gasteiger charge is 2.24. The summed E-state index contributed by atoms with van der Waals surface area (Å²) in [5.74, 6) is 0.865. The molecule has 2 rings (SSSR count). The fourth-order valence-electron chi connectivity index (χ4n) is 2.75. The van der Waals surface area contributed by atoms with Gasteiger partial charge in [-0.25, -0.2) is 0 Å². The van der Waals surface area contributed by atoms with E-state index in [1.54, 1.807) is 7.11 Å². The number of rotatable bonds is 4. The Morgan fingerprint density at radius 2 is 2.25 bits per heavy atom. The minimum atomic E-state index is -0.0180. The lowest BCUT2D eigenvalue weighted by molar-refractivity contribution is -0.133. The number of amides is 1. The third-order valence-electron chi connectivity index (χ3n) is 3.90. The quantitative estimate of drug-likeness (QED) is 0.916. The summed E-state index contributed by atoms with van der Waals surface area (Å²) in [6.45, 7) is 0.817. The van der Waals surface area contributed by atoms with Gasteiger partial charge in [0.2, 0.25) is 5.91 Å². The topological polar surface area (TPSA) is 49.8 Å². The average molecular weight is 277 g/mol. The normalized spacial score (nSPS) is 19.5. The Morgan fingerprint density at radius 1 is 1.40 bits per heavy atom. The van der Waals surface area contributed by atoms with Gasteiger partial charge in [0.05, 0.1) is 26.2 Å². The van der Waals surface area contributed by atoms with E-state index in [9.17, 15) is 9.90 Å². The number of aliphatic hydroxyl groups excluding tert-OH is 1. The summed E-state index contributed by atoms with van der Waals surface area (Å²) in [5, 5.41) is 9.47. The van der Waals surface area contributed by atoms with E-state index in [1.165, 1.54) is 0 Å². The van der Waals surface area contributed by atoms with Gasteiger partial charge in [0.25, 0.3) is 0 Å². The summed E-state index contributed by atoms with van der Waals surface area (Å²) in [7, 11) is 1.62. The highest BCUT2D eigenvalue weighted by Crippen LogP contribution is 2.19. The molecule has 1 unspecified atom stereocenters. The van der Waals surface area contributed by atoms with Crippen molar-refractivity contribution in [3.63, 3.8) is 0 Å². The highest BCUT2D eigenvalue weighted by atomic mass is 16.5. The van der Waals surface area contributed by atoms with Crippen LogP contribution in [0.1, 0.15) is 31.2 Å². The average Bonchev–Trinajstić information content (AvgIpc) is 2.72. The fraction of sp³-hybridized carbons (Fsp3) is 0.562. The molecule has 0 saturated carbocycles. The first kappa shape index (κ1) is 14.9. The SMILES string of the molecule is COc1cccc(CC(=O)N2CCCCCC2CO)c1. The Hall–Kier alpha value is -1.55. The van der Waals surface area contributed by atoms with Crippen molar-refractivity contribution in [2.45, 2.75) is 38.1 Å². The van der Waals surface area contributed by atoms with Crippen molar-refractivity contribution < 1.29 is 14.6 Å². The number of ether oxygens (including phenoxy) is 1. The van der Waals surface area contributed by atoms with Gasteiger partial charge in [0.1, 0.15) is 5.75 Å². The van der Waals surface area contributed by atoms with E-state index in [2.05, 4.69) is 0 Å². The maximum Gasteiger partial charge on any atom is 0.227 e. The van der Waals surface area contributed by atoms with Gasteiger partial charge in [-0.3, -0.25) is 4.79 Å². The molecule has 1 atom stereocenters. The van der Waals surface area contributed by atoms with E-state index in [-0.39, 0.29) is 18.6 Å². The first-order chi connectivity index (χ1) is 9.74. The Kier molecular flexibility index (Phi) is 5.41. The van der Waals surface area contributed by atoms with E-state index < -0.39 is 0 Å². The highest BCUT2D eigenvalue weighted by molar-refractivity contribution is 5.79. The number of hydrogen-bond acceptors (Lipinski definition) is 3. The van der Waals surface area contributed by atoms with E-state index >= 15 is 0 Å². The van der Waals surface area contributed by atoms with Crippen LogP contribution < -0.4 is 4.74 Å². The summed E-state index contributed by atoms with van der Waals surface area (Å²) in [6, 6.07) is 7.58. The third-order valence-corrected chi connectivity index (χ3v) is 3.90. The molecule has 0 aliphatic carbocycles. The van der Waals surface area contributed by atoms with E-state index in [1.807, 2.05) is 29.2 Å². The molecule has 20 heavy (non-hydrogen) atoms. The van der Waals surface area contributed by atoms with Crippen molar-refractivity contribution in [2.75, 3.05) is 20.3 Å². The molecule has 0 bridgehead atoms. The first-order valence-electron chi connectivity index (χ1n) is 7.28. The molecule has 1 amide bonds. The Bertz CT molecular complexity index is 447. The molecule has 1 aliphatic rings. The van der Waals surface area contributed by atoms with Crippen LogP contribution in [-0.4, -0.2) is 42.2 Å². The molecule has 1 aliphatic heterocycles. The molecule has 1 saturated heterocycles. The fourth-order valence-corrected chi connectivity index (χ4v) is 2.75. The van der Waals surface area contributed by atoms with E-state index in [0.29, 0.717) is 6.42 Å². The van der Waals surface area contributed by atoms with Crippen LogP contribution in [0.2, 0.25) is 0 Å². The molecule has 1 N–H and O–H groups in total. The standard InChI is InChI=1S/C16H23NO3/c1-20-15-8-5-6-13(10-15)11-16(19)17-9-4-2-3-7-14(17)12-18/h5-6,8,10,14,18H,2-4,7,9,11-12H2,1H3. The van der Waals surface area contributed by atoms with Crippen LogP contribution in [0.25, 0.3) is 0 Å². The van der Waals surface area contributed by atoms with Gasteiger partial charge in [0.15, 0.2) is 0 Å². The Morgan fingerprint density at radius 3 is 3.00 bits per heavy atom. The third kappa shape index (κ3) is 3.73. The predicted molar refractivity (Wildman–Crippen MR) is 77.8 cm³/mol. The molecule has 1 aromatic rings. The van der Waals surface area contributed by atoms with E-state index in [0.717, 1.165) is 43.5 Å². The number of benzene rings is 1. The Balaban J connectivity index is 2.05. The van der Waals surface area contributed by atoms with Gasteiger partial charge in [-0.05, 0) is 30.5 Å². The predicted octanol–water partition coefficient (Wildman–Crippen LogP) is 2.00. The number of hydrogen-bond donors (Lipinski definition) is 1. The van der Waals surface area contributed by atoms with Gasteiger partial charge in [-0.15, -0.1) is 0 Å². The van der Waals surface area contributed by atoms with Gasteiger partial charge in [-0.1, -0.05) is 25.0 Å². The second-order valence-electron chi connectivity index (χ2n) is 5.30. The van der Waals surface area contributed by atoms with Crippen molar-refractivity contribution >= 4 is 5.91 Å². The summed E-state index contributed by atoms with van der Waals surface area (Å²) in [5.41, 5.74) is 0.954. The first-order valence-corrected chi connectivity index (χ1v) is 7.28. The number of nitrogens with zero attached hydrogens (tertiary/aromatic N) is 1. The van der Waals surface area contributed by atoms with Crippen molar-refractivity contribution in [2.24, 2.45) is 0 Å². The second kappa shape index (κ2) is 7.29. The van der Waals surface area contributed by atoms with Crippen LogP contribution in [0.15, 0.2) is 24.3 Å². The maximum atomic E-state index is 12.5. The van der Waals surface area contributed by atoms with Gasteiger partial charge in [-0.2, -0.15) is 0 Å². The number of methoxy groups -OCH3 is 1. The lowest BCUT2D eigenvalue weighted by Crippen LogP contribution is -2.42. The molecule has 4 nitrogen and oxygen atoms in total. The lowest BCUT2D eigenvalue weighted by atomic mass is 10.1. The molecule has 4 heteroatoms. The molecular formula is C16H23NO3. The molecular weight excluding hydrogens is 254 g/mol. The largest absolute Gasteiger partial charge is 0.497 e. The molecule has 110 valence electrons. The van der Waals surface area contributed by atoms with Crippen LogP contribution >= 0.6 is 0 Å². The number of likely N-dealkylation sites (tertiary alicyclic amines) is 1. The van der Waals surface area contributed by atoms with Crippen LogP contribution in [0.3, 0.4) is 0 Å². The minimum absolute atomic E-state index is 0.0180. The van der Waals surface area contributed by atoms with Crippen molar-refractivity contribution in [3.8, 4) is 5.75 Å². The minimum Gasteiger partial charge on any atom is -0.497 e.